The van der Waals surface area contributed by atoms with Gasteiger partial charge in [0.2, 0.25) is 15.9 Å². The lowest BCUT2D eigenvalue weighted by molar-refractivity contribution is -0.119. The van der Waals surface area contributed by atoms with Crippen LogP contribution < -0.4 is 14.5 Å². The molecule has 0 aromatic heterocycles. The summed E-state index contributed by atoms with van der Waals surface area (Å²) in [6.45, 7) is 4.89. The van der Waals surface area contributed by atoms with Gasteiger partial charge in [0.15, 0.2) is 0 Å². The van der Waals surface area contributed by atoms with Crippen molar-refractivity contribution in [2.45, 2.75) is 13.5 Å². The Balaban J connectivity index is 1.62. The predicted molar refractivity (Wildman–Crippen MR) is 120 cm³/mol. The van der Waals surface area contributed by atoms with Gasteiger partial charge in [-0.1, -0.05) is 29.8 Å². The van der Waals surface area contributed by atoms with Crippen LogP contribution in [0.1, 0.15) is 11.1 Å². The number of amides is 1. The fourth-order valence-corrected chi connectivity index (χ4v) is 4.36. The number of ether oxygens (including phenoxy) is 1. The zero-order chi connectivity index (χ0) is 21.7. The zero-order valence-electron chi connectivity index (χ0n) is 17.1. The Kier molecular flexibility index (Phi) is 7.23. The highest BCUT2D eigenvalue weighted by Crippen LogP contribution is 2.28. The molecular formula is C21H26ClN3O4S. The highest BCUT2D eigenvalue weighted by Gasteiger charge is 2.23. The lowest BCUT2D eigenvalue weighted by atomic mass is 10.2. The number of hydrogen-bond acceptors (Lipinski definition) is 5. The Morgan fingerprint density at radius 2 is 1.83 bits per heavy atom. The standard InChI is InChI=1S/C21H26ClN3O4S/c1-16-19(22)4-3-5-20(16)25(30(2,27)28)15-21(26)23-14-17-6-8-18(9-7-17)24-10-12-29-13-11-24/h3-9H,10-15H2,1-2H3,(H,23,26). The van der Waals surface area contributed by atoms with Gasteiger partial charge in [-0.2, -0.15) is 0 Å². The second-order valence-corrected chi connectivity index (χ2v) is 9.51. The Hall–Kier alpha value is -2.29. The second kappa shape index (κ2) is 9.68. The van der Waals surface area contributed by atoms with E-state index in [1.165, 1.54) is 0 Å². The molecule has 0 aliphatic carbocycles. The maximum atomic E-state index is 12.5. The van der Waals surface area contributed by atoms with Crippen LogP contribution in [0, 0.1) is 6.92 Å². The quantitative estimate of drug-likeness (QED) is 0.700. The molecule has 1 heterocycles. The number of morpholine rings is 1. The molecule has 1 N–H and O–H groups in total. The number of rotatable bonds is 7. The summed E-state index contributed by atoms with van der Waals surface area (Å²) >= 11 is 6.12. The van der Waals surface area contributed by atoms with E-state index < -0.39 is 15.9 Å². The van der Waals surface area contributed by atoms with E-state index in [9.17, 15) is 13.2 Å². The van der Waals surface area contributed by atoms with Gasteiger partial charge in [-0.3, -0.25) is 9.10 Å². The summed E-state index contributed by atoms with van der Waals surface area (Å²) < 4.78 is 31.0. The summed E-state index contributed by atoms with van der Waals surface area (Å²) in [5.41, 5.74) is 3.06. The van der Waals surface area contributed by atoms with Crippen molar-refractivity contribution in [1.82, 2.24) is 5.32 Å². The fraction of sp³-hybridized carbons (Fsp3) is 0.381. The van der Waals surface area contributed by atoms with Crippen LogP contribution in [0.25, 0.3) is 0 Å². The first-order chi connectivity index (χ1) is 14.3. The normalized spacial score (nSPS) is 14.4. The number of sulfonamides is 1. The van der Waals surface area contributed by atoms with Gasteiger partial charge < -0.3 is 15.0 Å². The highest BCUT2D eigenvalue weighted by atomic mass is 35.5. The molecule has 9 heteroatoms. The fourth-order valence-electron chi connectivity index (χ4n) is 3.28. The van der Waals surface area contributed by atoms with Gasteiger partial charge in [0, 0.05) is 30.3 Å². The number of nitrogens with one attached hydrogen (secondary N) is 1. The van der Waals surface area contributed by atoms with Crippen molar-refractivity contribution >= 4 is 38.9 Å². The molecule has 0 atom stereocenters. The summed E-state index contributed by atoms with van der Waals surface area (Å²) in [5, 5.41) is 3.24. The van der Waals surface area contributed by atoms with E-state index in [1.807, 2.05) is 24.3 Å². The highest BCUT2D eigenvalue weighted by molar-refractivity contribution is 7.92. The van der Waals surface area contributed by atoms with E-state index in [2.05, 4.69) is 10.2 Å². The largest absolute Gasteiger partial charge is 0.378 e. The third-order valence-corrected chi connectivity index (χ3v) is 6.53. The van der Waals surface area contributed by atoms with Crippen molar-refractivity contribution in [2.75, 3.05) is 48.3 Å². The van der Waals surface area contributed by atoms with E-state index in [0.717, 1.165) is 48.1 Å². The van der Waals surface area contributed by atoms with Crippen LogP contribution in [-0.2, 0) is 26.1 Å². The molecule has 0 spiro atoms. The molecule has 0 radical (unpaired) electrons. The number of benzene rings is 2. The molecule has 1 aliphatic heterocycles. The SMILES string of the molecule is Cc1c(Cl)cccc1N(CC(=O)NCc1ccc(N2CCOCC2)cc1)S(C)(=O)=O. The summed E-state index contributed by atoms with van der Waals surface area (Å²) in [6, 6.07) is 12.9. The molecule has 0 saturated carbocycles. The summed E-state index contributed by atoms with van der Waals surface area (Å²) in [7, 11) is -3.66. The van der Waals surface area contributed by atoms with Crippen LogP contribution in [-0.4, -0.2) is 53.4 Å². The van der Waals surface area contributed by atoms with Crippen molar-refractivity contribution in [3.05, 3.63) is 58.6 Å². The van der Waals surface area contributed by atoms with E-state index in [4.69, 9.17) is 16.3 Å². The second-order valence-electron chi connectivity index (χ2n) is 7.20. The van der Waals surface area contributed by atoms with Gasteiger partial charge in [0.1, 0.15) is 6.54 Å². The van der Waals surface area contributed by atoms with Crippen LogP contribution in [0.5, 0.6) is 0 Å². The maximum Gasteiger partial charge on any atom is 0.241 e. The molecule has 1 amide bonds. The predicted octanol–water partition coefficient (Wildman–Crippen LogP) is 2.57. The van der Waals surface area contributed by atoms with Crippen LogP contribution in [0.3, 0.4) is 0 Å². The number of nitrogens with zero attached hydrogens (tertiary/aromatic N) is 2. The van der Waals surface area contributed by atoms with Crippen molar-refractivity contribution in [2.24, 2.45) is 0 Å². The molecule has 1 saturated heterocycles. The molecule has 1 fully saturated rings. The molecule has 30 heavy (non-hydrogen) atoms. The van der Waals surface area contributed by atoms with E-state index in [-0.39, 0.29) is 6.54 Å². The third-order valence-electron chi connectivity index (χ3n) is 5.00. The molecule has 162 valence electrons. The Morgan fingerprint density at radius 1 is 1.17 bits per heavy atom. The van der Waals surface area contributed by atoms with E-state index in [0.29, 0.717) is 22.8 Å². The minimum atomic E-state index is -3.66. The zero-order valence-corrected chi connectivity index (χ0v) is 18.7. The summed E-state index contributed by atoms with van der Waals surface area (Å²) in [6.07, 6.45) is 1.07. The maximum absolute atomic E-state index is 12.5. The molecule has 2 aromatic rings. The third kappa shape index (κ3) is 5.65. The molecule has 0 bridgehead atoms. The molecule has 1 aliphatic rings. The van der Waals surface area contributed by atoms with Crippen LogP contribution in [0.4, 0.5) is 11.4 Å². The van der Waals surface area contributed by atoms with Crippen LogP contribution in [0.2, 0.25) is 5.02 Å². The first-order valence-electron chi connectivity index (χ1n) is 9.67. The Morgan fingerprint density at radius 3 is 2.47 bits per heavy atom. The number of halogens is 1. The average molecular weight is 452 g/mol. The van der Waals surface area contributed by atoms with Gasteiger partial charge in [0.25, 0.3) is 0 Å². The smallest absolute Gasteiger partial charge is 0.241 e. The number of hydrogen-bond donors (Lipinski definition) is 1. The molecule has 0 unspecified atom stereocenters. The lowest BCUT2D eigenvalue weighted by Crippen LogP contribution is -2.40. The minimum absolute atomic E-state index is 0.314. The molecule has 7 nitrogen and oxygen atoms in total. The number of carbonyl (C=O) groups is 1. The first-order valence-corrected chi connectivity index (χ1v) is 11.9. The van der Waals surface area contributed by atoms with Gasteiger partial charge in [-0.15, -0.1) is 0 Å². The summed E-state index contributed by atoms with van der Waals surface area (Å²) in [4.78, 5) is 14.7. The monoisotopic (exact) mass is 451 g/mol. The first kappa shape index (κ1) is 22.4. The van der Waals surface area contributed by atoms with Gasteiger partial charge in [0.05, 0.1) is 25.2 Å². The van der Waals surface area contributed by atoms with Crippen molar-refractivity contribution < 1.29 is 17.9 Å². The van der Waals surface area contributed by atoms with Crippen LogP contribution >= 0.6 is 11.6 Å². The summed E-state index contributed by atoms with van der Waals surface area (Å²) in [5.74, 6) is -0.392. The van der Waals surface area contributed by atoms with Crippen molar-refractivity contribution in [1.29, 1.82) is 0 Å². The van der Waals surface area contributed by atoms with Crippen LogP contribution in [0.15, 0.2) is 42.5 Å². The Bertz CT molecular complexity index is 990. The topological polar surface area (TPSA) is 79.0 Å². The van der Waals surface area contributed by atoms with E-state index in [1.54, 1.807) is 25.1 Å². The van der Waals surface area contributed by atoms with Gasteiger partial charge in [-0.05, 0) is 42.3 Å². The number of anilines is 2. The van der Waals surface area contributed by atoms with E-state index >= 15 is 0 Å². The Labute approximate surface area is 182 Å². The van der Waals surface area contributed by atoms with Gasteiger partial charge in [-0.25, -0.2) is 8.42 Å². The molecule has 2 aromatic carbocycles. The number of carbonyl (C=O) groups excluding carboxylic acids is 1. The minimum Gasteiger partial charge on any atom is -0.378 e. The average Bonchev–Trinajstić information content (AvgIpc) is 2.73. The van der Waals surface area contributed by atoms with Crippen molar-refractivity contribution in [3.63, 3.8) is 0 Å². The van der Waals surface area contributed by atoms with Gasteiger partial charge >= 0.3 is 0 Å². The molecule has 3 rings (SSSR count). The van der Waals surface area contributed by atoms with Crippen molar-refractivity contribution in [3.8, 4) is 0 Å². The lowest BCUT2D eigenvalue weighted by Gasteiger charge is -2.29. The molecular weight excluding hydrogens is 426 g/mol.